The van der Waals surface area contributed by atoms with Crippen molar-refractivity contribution in [2.24, 2.45) is 0 Å². The number of likely N-dealkylation sites (N-methyl/N-ethyl adjacent to an activating group) is 1. The predicted octanol–water partition coefficient (Wildman–Crippen LogP) is 1.91. The first-order chi connectivity index (χ1) is 12.5. The monoisotopic (exact) mass is 361 g/mol. The number of benzene rings is 1. The van der Waals surface area contributed by atoms with Crippen LogP contribution in [0.15, 0.2) is 41.6 Å². The van der Waals surface area contributed by atoms with Crippen molar-refractivity contribution in [1.29, 1.82) is 0 Å². The molecule has 2 amide bonds. The van der Waals surface area contributed by atoms with Gasteiger partial charge in [-0.1, -0.05) is 25.1 Å². The summed E-state index contributed by atoms with van der Waals surface area (Å²) >= 11 is 0. The molecule has 1 heterocycles. The van der Waals surface area contributed by atoms with Gasteiger partial charge in [-0.05, 0) is 32.5 Å². The van der Waals surface area contributed by atoms with E-state index in [0.29, 0.717) is 44.0 Å². The highest BCUT2D eigenvalue weighted by atomic mass is 16.5. The van der Waals surface area contributed by atoms with Crippen LogP contribution < -0.4 is 15.4 Å². The Morgan fingerprint density at radius 1 is 1.23 bits per heavy atom. The minimum atomic E-state index is -0.393. The maximum atomic E-state index is 12.4. The molecule has 26 heavy (non-hydrogen) atoms. The van der Waals surface area contributed by atoms with E-state index >= 15 is 0 Å². The number of esters is 1. The summed E-state index contributed by atoms with van der Waals surface area (Å²) in [7, 11) is 1.92. The molecule has 0 spiro atoms. The second-order valence-electron chi connectivity index (χ2n) is 6.07. The molecule has 2 N–H and O–H groups in total. The predicted molar refractivity (Wildman–Crippen MR) is 98.8 cm³/mol. The van der Waals surface area contributed by atoms with Gasteiger partial charge in [0, 0.05) is 18.8 Å². The van der Waals surface area contributed by atoms with Crippen LogP contribution in [-0.2, 0) is 9.53 Å². The van der Waals surface area contributed by atoms with E-state index in [0.717, 1.165) is 5.75 Å². The number of rotatable bonds is 9. The van der Waals surface area contributed by atoms with E-state index in [9.17, 15) is 9.59 Å². The molecule has 1 aromatic carbocycles. The van der Waals surface area contributed by atoms with Gasteiger partial charge in [-0.15, -0.1) is 0 Å². The summed E-state index contributed by atoms with van der Waals surface area (Å²) in [6, 6.07) is 8.95. The zero-order valence-electron chi connectivity index (χ0n) is 15.6. The molecule has 0 bridgehead atoms. The van der Waals surface area contributed by atoms with Crippen molar-refractivity contribution >= 4 is 12.0 Å². The Balaban J connectivity index is 2.01. The van der Waals surface area contributed by atoms with Gasteiger partial charge in [-0.3, -0.25) is 4.90 Å². The van der Waals surface area contributed by atoms with E-state index in [-0.39, 0.29) is 12.1 Å². The van der Waals surface area contributed by atoms with Crippen molar-refractivity contribution in [1.82, 2.24) is 15.5 Å². The molecule has 142 valence electrons. The van der Waals surface area contributed by atoms with Crippen LogP contribution in [0.3, 0.4) is 0 Å². The van der Waals surface area contributed by atoms with E-state index in [2.05, 4.69) is 10.6 Å². The fourth-order valence-corrected chi connectivity index (χ4v) is 2.77. The number of carbonyl (C=O) groups is 2. The molecule has 0 fully saturated rings. The van der Waals surface area contributed by atoms with Crippen LogP contribution in [0.1, 0.15) is 20.3 Å². The van der Waals surface area contributed by atoms with Gasteiger partial charge >= 0.3 is 12.0 Å². The van der Waals surface area contributed by atoms with Gasteiger partial charge in [0.25, 0.3) is 0 Å². The molecule has 7 heteroatoms. The van der Waals surface area contributed by atoms with E-state index in [1.165, 1.54) is 0 Å². The Morgan fingerprint density at radius 3 is 2.62 bits per heavy atom. The molecule has 0 saturated carbocycles. The van der Waals surface area contributed by atoms with Crippen LogP contribution >= 0.6 is 0 Å². The molecule has 2 rings (SSSR count). The summed E-state index contributed by atoms with van der Waals surface area (Å²) in [6.07, 6.45) is 0.617. The number of urea groups is 1. The first kappa shape index (κ1) is 19.8. The number of para-hydroxylation sites is 1. The number of nitrogens with one attached hydrogen (secondary N) is 2. The third-order valence-electron chi connectivity index (χ3n) is 4.06. The van der Waals surface area contributed by atoms with Crippen LogP contribution in [0.25, 0.3) is 0 Å². The summed E-state index contributed by atoms with van der Waals surface area (Å²) in [5, 5.41) is 5.53. The second-order valence-corrected chi connectivity index (χ2v) is 6.07. The normalized spacial score (nSPS) is 16.9. The minimum absolute atomic E-state index is 0.292. The molecule has 0 aromatic heterocycles. The SMILES string of the molecule is CCOC(=O)C1=C(CN(C)CCOc2ccccc2)NC(=O)N[C@H]1CC. The van der Waals surface area contributed by atoms with Gasteiger partial charge in [-0.2, -0.15) is 0 Å². The summed E-state index contributed by atoms with van der Waals surface area (Å²) in [5.41, 5.74) is 1.08. The first-order valence-corrected chi connectivity index (χ1v) is 8.89. The van der Waals surface area contributed by atoms with E-state index in [4.69, 9.17) is 9.47 Å². The van der Waals surface area contributed by atoms with Gasteiger partial charge < -0.3 is 20.1 Å². The average Bonchev–Trinajstić information content (AvgIpc) is 2.62. The van der Waals surface area contributed by atoms with E-state index < -0.39 is 5.97 Å². The van der Waals surface area contributed by atoms with Crippen LogP contribution in [-0.4, -0.2) is 56.3 Å². The Labute approximate surface area is 154 Å². The Bertz CT molecular complexity index is 645. The zero-order chi connectivity index (χ0) is 18.9. The smallest absolute Gasteiger partial charge is 0.337 e. The molecule has 1 aliphatic heterocycles. The van der Waals surface area contributed by atoms with Crippen molar-refractivity contribution < 1.29 is 19.1 Å². The molecule has 0 aliphatic carbocycles. The lowest BCUT2D eigenvalue weighted by Crippen LogP contribution is -2.52. The van der Waals surface area contributed by atoms with Crippen molar-refractivity contribution in [3.8, 4) is 5.75 Å². The molecule has 1 aromatic rings. The van der Waals surface area contributed by atoms with Gasteiger partial charge in [-0.25, -0.2) is 9.59 Å². The third kappa shape index (κ3) is 5.49. The van der Waals surface area contributed by atoms with E-state index in [1.54, 1.807) is 6.92 Å². The van der Waals surface area contributed by atoms with Crippen molar-refractivity contribution in [2.75, 3.05) is 33.4 Å². The van der Waals surface area contributed by atoms with Crippen LogP contribution in [0.4, 0.5) is 4.79 Å². The molecule has 7 nitrogen and oxygen atoms in total. The summed E-state index contributed by atoms with van der Waals surface area (Å²) in [6.45, 7) is 5.56. The standard InChI is InChI=1S/C19H27N3O4/c1-4-15-17(18(23)25-5-2)16(21-19(24)20-15)13-22(3)11-12-26-14-9-7-6-8-10-14/h6-10,15H,4-5,11-13H2,1-3H3,(H2,20,21,24)/t15-/m0/s1. The molecule has 0 radical (unpaired) electrons. The minimum Gasteiger partial charge on any atom is -0.492 e. The largest absolute Gasteiger partial charge is 0.492 e. The summed E-state index contributed by atoms with van der Waals surface area (Å²) in [4.78, 5) is 26.2. The molecule has 1 atom stereocenters. The second kappa shape index (κ2) is 9.82. The van der Waals surface area contributed by atoms with Crippen LogP contribution in [0.5, 0.6) is 5.75 Å². The zero-order valence-corrected chi connectivity index (χ0v) is 15.6. The number of nitrogens with zero attached hydrogens (tertiary/aromatic N) is 1. The van der Waals surface area contributed by atoms with Gasteiger partial charge in [0.05, 0.1) is 18.2 Å². The van der Waals surface area contributed by atoms with Gasteiger partial charge in [0.1, 0.15) is 12.4 Å². The lowest BCUT2D eigenvalue weighted by molar-refractivity contribution is -0.139. The van der Waals surface area contributed by atoms with Crippen molar-refractivity contribution in [3.05, 3.63) is 41.6 Å². The molecule has 1 aliphatic rings. The lowest BCUT2D eigenvalue weighted by atomic mass is 10.00. The maximum Gasteiger partial charge on any atom is 0.337 e. The topological polar surface area (TPSA) is 79.9 Å². The highest BCUT2D eigenvalue weighted by Crippen LogP contribution is 2.17. The highest BCUT2D eigenvalue weighted by Gasteiger charge is 2.31. The number of amides is 2. The third-order valence-corrected chi connectivity index (χ3v) is 4.06. The number of hydrogen-bond acceptors (Lipinski definition) is 5. The van der Waals surface area contributed by atoms with Gasteiger partial charge in [0.15, 0.2) is 0 Å². The molecule has 0 unspecified atom stereocenters. The Kier molecular flexibility index (Phi) is 7.47. The quantitative estimate of drug-likeness (QED) is 0.657. The van der Waals surface area contributed by atoms with E-state index in [1.807, 2.05) is 49.2 Å². The number of hydrogen-bond donors (Lipinski definition) is 2. The van der Waals surface area contributed by atoms with Gasteiger partial charge in [0.2, 0.25) is 0 Å². The molecular weight excluding hydrogens is 334 g/mol. The average molecular weight is 361 g/mol. The highest BCUT2D eigenvalue weighted by molar-refractivity contribution is 5.94. The summed E-state index contributed by atoms with van der Waals surface area (Å²) in [5.74, 6) is 0.421. The Hall–Kier alpha value is -2.54. The molecular formula is C19H27N3O4. The van der Waals surface area contributed by atoms with Crippen molar-refractivity contribution in [3.63, 3.8) is 0 Å². The maximum absolute atomic E-state index is 12.4. The fraction of sp³-hybridized carbons (Fsp3) is 0.474. The lowest BCUT2D eigenvalue weighted by Gasteiger charge is -2.30. The molecule has 0 saturated heterocycles. The number of ether oxygens (including phenoxy) is 2. The number of carbonyl (C=O) groups excluding carboxylic acids is 2. The van der Waals surface area contributed by atoms with Crippen molar-refractivity contribution in [2.45, 2.75) is 26.3 Å². The fourth-order valence-electron chi connectivity index (χ4n) is 2.77. The summed E-state index contributed by atoms with van der Waals surface area (Å²) < 4.78 is 10.9. The van der Waals surface area contributed by atoms with Crippen LogP contribution in [0, 0.1) is 0 Å². The Morgan fingerprint density at radius 2 is 1.96 bits per heavy atom. The first-order valence-electron chi connectivity index (χ1n) is 8.89. The van der Waals surface area contributed by atoms with Crippen LogP contribution in [0.2, 0.25) is 0 Å².